The van der Waals surface area contributed by atoms with Gasteiger partial charge in [0.1, 0.15) is 11.8 Å². The molecule has 1 saturated heterocycles. The fourth-order valence-electron chi connectivity index (χ4n) is 5.31. The van der Waals surface area contributed by atoms with Crippen molar-refractivity contribution in [1.29, 1.82) is 0 Å². The Balaban J connectivity index is 1.65. The molecule has 170 valence electrons. The molecule has 2 fully saturated rings. The summed E-state index contributed by atoms with van der Waals surface area (Å²) in [5.41, 5.74) is 6.61. The summed E-state index contributed by atoms with van der Waals surface area (Å²) in [7, 11) is 0. The lowest BCUT2D eigenvalue weighted by Gasteiger charge is -2.42. The number of ketones is 1. The van der Waals surface area contributed by atoms with E-state index in [4.69, 9.17) is 15.2 Å². The van der Waals surface area contributed by atoms with E-state index < -0.39 is 23.7 Å². The maximum atomic E-state index is 15.2. The third-order valence-corrected chi connectivity index (χ3v) is 6.89. The van der Waals surface area contributed by atoms with Gasteiger partial charge in [0.2, 0.25) is 5.91 Å². The number of rotatable bonds is 6. The number of carbonyl (C=O) groups is 2. The van der Waals surface area contributed by atoms with Gasteiger partial charge in [-0.2, -0.15) is 0 Å². The zero-order chi connectivity index (χ0) is 22.2. The second-order valence-corrected chi connectivity index (χ2v) is 8.93. The zero-order valence-electron chi connectivity index (χ0n) is 17.9. The summed E-state index contributed by atoms with van der Waals surface area (Å²) < 4.78 is 42.0. The van der Waals surface area contributed by atoms with E-state index in [1.165, 1.54) is 6.92 Å². The SMILES string of the molecule is CC(=O)CCC(C(N)=O)N1CCC(F)(F)c2c(C3CCC4(CC3)OCCO4)cccc21. The van der Waals surface area contributed by atoms with Crippen molar-refractivity contribution in [3.05, 3.63) is 29.3 Å². The van der Waals surface area contributed by atoms with Gasteiger partial charge in [-0.1, -0.05) is 12.1 Å². The Kier molecular flexibility index (Phi) is 6.05. The standard InChI is InChI=1S/C23H30F2N2O4/c1-15(28)5-6-19(21(26)29)27-12-11-23(24,25)20-17(3-2-4-18(20)27)16-7-9-22(10-8-16)30-13-14-31-22/h2-4,16,19H,5-14H2,1H3,(H2,26,29). The van der Waals surface area contributed by atoms with Gasteiger partial charge in [-0.3, -0.25) is 4.79 Å². The Morgan fingerprint density at radius 1 is 1.19 bits per heavy atom. The molecule has 1 saturated carbocycles. The van der Waals surface area contributed by atoms with Crippen molar-refractivity contribution in [3.63, 3.8) is 0 Å². The Morgan fingerprint density at radius 3 is 2.48 bits per heavy atom. The molecule has 6 nitrogen and oxygen atoms in total. The Morgan fingerprint density at radius 2 is 1.87 bits per heavy atom. The van der Waals surface area contributed by atoms with E-state index in [9.17, 15) is 9.59 Å². The maximum absolute atomic E-state index is 15.2. The van der Waals surface area contributed by atoms with Gasteiger partial charge in [0, 0.05) is 43.5 Å². The van der Waals surface area contributed by atoms with Crippen LogP contribution in [0.2, 0.25) is 0 Å². The number of alkyl halides is 2. The highest BCUT2D eigenvalue weighted by Gasteiger charge is 2.46. The van der Waals surface area contributed by atoms with Crippen LogP contribution >= 0.6 is 0 Å². The summed E-state index contributed by atoms with van der Waals surface area (Å²) >= 11 is 0. The molecule has 8 heteroatoms. The van der Waals surface area contributed by atoms with E-state index in [0.717, 1.165) is 0 Å². The minimum absolute atomic E-state index is 0.00420. The zero-order valence-corrected chi connectivity index (χ0v) is 17.9. The number of ether oxygens (including phenoxy) is 2. The van der Waals surface area contributed by atoms with Crippen molar-refractivity contribution >= 4 is 17.4 Å². The van der Waals surface area contributed by atoms with Crippen LogP contribution in [0.15, 0.2) is 18.2 Å². The molecule has 2 aliphatic heterocycles. The molecule has 0 aromatic heterocycles. The third kappa shape index (κ3) is 4.32. The highest BCUT2D eigenvalue weighted by atomic mass is 19.3. The van der Waals surface area contributed by atoms with Crippen LogP contribution in [0.5, 0.6) is 0 Å². The summed E-state index contributed by atoms with van der Waals surface area (Å²) in [5.74, 6) is -4.22. The van der Waals surface area contributed by atoms with E-state index in [1.54, 1.807) is 23.1 Å². The Bertz CT molecular complexity index is 844. The molecular weight excluding hydrogens is 406 g/mol. The second-order valence-electron chi connectivity index (χ2n) is 8.93. The van der Waals surface area contributed by atoms with Gasteiger partial charge in [-0.05, 0) is 43.7 Å². The first-order valence-corrected chi connectivity index (χ1v) is 11.1. The normalized spacial score (nSPS) is 23.5. The number of benzene rings is 1. The molecule has 1 unspecified atom stereocenters. The minimum Gasteiger partial charge on any atom is -0.368 e. The van der Waals surface area contributed by atoms with Crippen LogP contribution in [-0.4, -0.2) is 43.3 Å². The monoisotopic (exact) mass is 436 g/mol. The Labute approximate surface area is 181 Å². The second kappa shape index (κ2) is 8.47. The number of nitrogens with zero attached hydrogens (tertiary/aromatic N) is 1. The molecule has 3 aliphatic rings. The first kappa shape index (κ1) is 22.1. The van der Waals surface area contributed by atoms with Gasteiger partial charge >= 0.3 is 0 Å². The van der Waals surface area contributed by atoms with E-state index in [1.807, 2.05) is 0 Å². The molecule has 1 atom stereocenters. The lowest BCUT2D eigenvalue weighted by Crippen LogP contribution is -2.49. The van der Waals surface area contributed by atoms with Crippen molar-refractivity contribution in [3.8, 4) is 0 Å². The molecule has 2 N–H and O–H groups in total. The van der Waals surface area contributed by atoms with Crippen LogP contribution in [0.25, 0.3) is 0 Å². The smallest absolute Gasteiger partial charge is 0.277 e. The van der Waals surface area contributed by atoms with E-state index in [0.29, 0.717) is 50.1 Å². The number of nitrogens with two attached hydrogens (primary N) is 1. The number of carbonyl (C=O) groups excluding carboxylic acids is 2. The van der Waals surface area contributed by atoms with Crippen molar-refractivity contribution < 1.29 is 27.8 Å². The van der Waals surface area contributed by atoms with E-state index in [-0.39, 0.29) is 43.1 Å². The van der Waals surface area contributed by atoms with Crippen LogP contribution in [0.4, 0.5) is 14.5 Å². The predicted octanol–water partition coefficient (Wildman–Crippen LogP) is 3.61. The largest absolute Gasteiger partial charge is 0.368 e. The van der Waals surface area contributed by atoms with Gasteiger partial charge in [0.05, 0.1) is 13.2 Å². The molecule has 1 aromatic rings. The number of hydrogen-bond donors (Lipinski definition) is 1. The number of fused-ring (bicyclic) bond motifs is 1. The fourth-order valence-corrected chi connectivity index (χ4v) is 5.31. The quantitative estimate of drug-likeness (QED) is 0.737. The lowest BCUT2D eigenvalue weighted by atomic mass is 9.77. The van der Waals surface area contributed by atoms with Crippen molar-refractivity contribution in [2.45, 2.75) is 75.5 Å². The first-order chi connectivity index (χ1) is 14.7. The number of halogens is 2. The molecule has 1 spiro atoms. The molecule has 2 heterocycles. The first-order valence-electron chi connectivity index (χ1n) is 11.1. The number of amides is 1. The molecule has 1 aliphatic carbocycles. The average Bonchev–Trinajstić information content (AvgIpc) is 3.17. The summed E-state index contributed by atoms with van der Waals surface area (Å²) in [6.07, 6.45) is 2.79. The lowest BCUT2D eigenvalue weighted by molar-refractivity contribution is -0.178. The van der Waals surface area contributed by atoms with E-state index >= 15 is 8.78 Å². The molecule has 0 bridgehead atoms. The number of hydrogen-bond acceptors (Lipinski definition) is 5. The van der Waals surface area contributed by atoms with Gasteiger partial charge in [0.15, 0.2) is 5.79 Å². The van der Waals surface area contributed by atoms with Crippen LogP contribution in [0.3, 0.4) is 0 Å². The van der Waals surface area contributed by atoms with Gasteiger partial charge in [-0.25, -0.2) is 8.78 Å². The highest BCUT2D eigenvalue weighted by Crippen LogP contribution is 2.50. The topological polar surface area (TPSA) is 81.9 Å². The van der Waals surface area contributed by atoms with E-state index in [2.05, 4.69) is 0 Å². The molecule has 4 rings (SSSR count). The van der Waals surface area contributed by atoms with Gasteiger partial charge in [-0.15, -0.1) is 0 Å². The number of anilines is 1. The van der Waals surface area contributed by atoms with Gasteiger partial charge in [0.25, 0.3) is 5.92 Å². The fraction of sp³-hybridized carbons (Fsp3) is 0.652. The summed E-state index contributed by atoms with van der Waals surface area (Å²) in [6, 6.07) is 4.41. The molecular formula is C23H30F2N2O4. The minimum atomic E-state index is -2.99. The summed E-state index contributed by atoms with van der Waals surface area (Å²) in [4.78, 5) is 25.3. The predicted molar refractivity (Wildman–Crippen MR) is 111 cm³/mol. The molecule has 1 amide bonds. The third-order valence-electron chi connectivity index (χ3n) is 6.89. The Hall–Kier alpha value is -2.06. The molecule has 1 aromatic carbocycles. The summed E-state index contributed by atoms with van der Waals surface area (Å²) in [5, 5.41) is 0. The van der Waals surface area contributed by atoms with Crippen LogP contribution < -0.4 is 10.6 Å². The number of primary amides is 1. The van der Waals surface area contributed by atoms with Crippen LogP contribution in [-0.2, 0) is 25.0 Å². The number of Topliss-reactive ketones (excluding diaryl/α,β-unsaturated/α-hetero) is 1. The van der Waals surface area contributed by atoms with Crippen LogP contribution in [0.1, 0.15) is 68.9 Å². The van der Waals surface area contributed by atoms with Gasteiger partial charge < -0.3 is 24.9 Å². The molecule has 0 radical (unpaired) electrons. The van der Waals surface area contributed by atoms with Crippen molar-refractivity contribution in [2.24, 2.45) is 5.73 Å². The van der Waals surface area contributed by atoms with Crippen molar-refractivity contribution in [1.82, 2.24) is 0 Å². The highest BCUT2D eigenvalue weighted by molar-refractivity contribution is 5.85. The summed E-state index contributed by atoms with van der Waals surface area (Å²) in [6.45, 7) is 2.62. The van der Waals surface area contributed by atoms with Crippen molar-refractivity contribution in [2.75, 3.05) is 24.7 Å². The average molecular weight is 436 g/mol. The molecule has 31 heavy (non-hydrogen) atoms. The maximum Gasteiger partial charge on any atom is 0.277 e. The van der Waals surface area contributed by atoms with Crippen LogP contribution in [0, 0.1) is 0 Å².